The summed E-state index contributed by atoms with van der Waals surface area (Å²) in [6, 6.07) is 8.98. The van der Waals surface area contributed by atoms with E-state index in [0.717, 1.165) is 58.2 Å². The fourth-order valence-corrected chi connectivity index (χ4v) is 4.04. The predicted octanol–water partition coefficient (Wildman–Crippen LogP) is 3.10. The molecule has 0 saturated carbocycles. The van der Waals surface area contributed by atoms with Crippen molar-refractivity contribution in [3.63, 3.8) is 0 Å². The Labute approximate surface area is 134 Å². The number of hydrogen-bond acceptors (Lipinski definition) is 2. The van der Waals surface area contributed by atoms with Gasteiger partial charge in [-0.05, 0) is 62.7 Å². The highest BCUT2D eigenvalue weighted by Gasteiger charge is 2.33. The van der Waals surface area contributed by atoms with Crippen molar-refractivity contribution in [2.45, 2.75) is 57.4 Å². The van der Waals surface area contributed by atoms with Gasteiger partial charge in [0.2, 0.25) is 5.91 Å². The Hall–Kier alpha value is -1.35. The number of piperidine rings is 1. The molecule has 3 heteroatoms. The van der Waals surface area contributed by atoms with Crippen molar-refractivity contribution in [3.05, 3.63) is 35.4 Å². The lowest BCUT2D eigenvalue weighted by Gasteiger charge is -2.38. The van der Waals surface area contributed by atoms with E-state index in [1.54, 1.807) is 0 Å². The molecule has 1 N–H and O–H groups in total. The summed E-state index contributed by atoms with van der Waals surface area (Å²) in [5, 5.41) is 3.41. The van der Waals surface area contributed by atoms with Gasteiger partial charge in [0.1, 0.15) is 0 Å². The van der Waals surface area contributed by atoms with Crippen molar-refractivity contribution < 1.29 is 4.79 Å². The van der Waals surface area contributed by atoms with Crippen molar-refractivity contribution in [3.8, 4) is 0 Å². The van der Waals surface area contributed by atoms with Crippen molar-refractivity contribution in [1.29, 1.82) is 0 Å². The average Bonchev–Trinajstić information content (AvgIpc) is 2.59. The first-order chi connectivity index (χ1) is 10.8. The van der Waals surface area contributed by atoms with E-state index in [-0.39, 0.29) is 5.92 Å². The zero-order valence-corrected chi connectivity index (χ0v) is 13.7. The van der Waals surface area contributed by atoms with Gasteiger partial charge in [0.05, 0.1) is 5.92 Å². The number of rotatable bonds is 4. The van der Waals surface area contributed by atoms with E-state index in [1.807, 2.05) is 0 Å². The van der Waals surface area contributed by atoms with Gasteiger partial charge in [0.25, 0.3) is 0 Å². The van der Waals surface area contributed by atoms with Crippen molar-refractivity contribution in [2.24, 2.45) is 0 Å². The quantitative estimate of drug-likeness (QED) is 0.926. The van der Waals surface area contributed by atoms with Crippen LogP contribution in [0.25, 0.3) is 0 Å². The lowest BCUT2D eigenvalue weighted by molar-refractivity contribution is -0.136. The lowest BCUT2D eigenvalue weighted by atomic mass is 9.81. The van der Waals surface area contributed by atoms with Crippen LogP contribution in [0.3, 0.4) is 0 Å². The van der Waals surface area contributed by atoms with E-state index in [9.17, 15) is 4.79 Å². The number of carbonyl (C=O) groups excluding carboxylic acids is 1. The molecule has 0 aromatic heterocycles. The molecule has 1 atom stereocenters. The molecular formula is C19H28N2O. The molecule has 0 radical (unpaired) electrons. The molecule has 22 heavy (non-hydrogen) atoms. The Bertz CT molecular complexity index is 508. The van der Waals surface area contributed by atoms with Crippen LogP contribution < -0.4 is 5.32 Å². The van der Waals surface area contributed by atoms with E-state index in [1.165, 1.54) is 11.1 Å². The second-order valence-corrected chi connectivity index (χ2v) is 6.66. The minimum absolute atomic E-state index is 0.0892. The third-order valence-electron chi connectivity index (χ3n) is 5.16. The summed E-state index contributed by atoms with van der Waals surface area (Å²) in [6.45, 7) is 5.16. The summed E-state index contributed by atoms with van der Waals surface area (Å²) in [7, 11) is 0. The Morgan fingerprint density at radius 1 is 1.23 bits per heavy atom. The minimum atomic E-state index is 0.0892. The molecule has 1 heterocycles. The molecule has 120 valence electrons. The molecule has 1 fully saturated rings. The smallest absolute Gasteiger partial charge is 0.230 e. The van der Waals surface area contributed by atoms with Crippen molar-refractivity contribution in [2.75, 3.05) is 19.6 Å². The Kier molecular flexibility index (Phi) is 5.14. The van der Waals surface area contributed by atoms with Gasteiger partial charge in [-0.2, -0.15) is 0 Å². The highest BCUT2D eigenvalue weighted by atomic mass is 16.2. The first kappa shape index (κ1) is 15.5. The fraction of sp³-hybridized carbons (Fsp3) is 0.632. The highest BCUT2D eigenvalue weighted by Crippen LogP contribution is 2.34. The van der Waals surface area contributed by atoms with Gasteiger partial charge in [-0.3, -0.25) is 4.79 Å². The molecule has 1 aliphatic heterocycles. The van der Waals surface area contributed by atoms with Crippen LogP contribution >= 0.6 is 0 Å². The van der Waals surface area contributed by atoms with Crippen LogP contribution in [0.1, 0.15) is 56.1 Å². The summed E-state index contributed by atoms with van der Waals surface area (Å²) in [4.78, 5) is 15.5. The number of aryl methyl sites for hydroxylation is 1. The molecule has 1 aliphatic carbocycles. The Morgan fingerprint density at radius 3 is 2.77 bits per heavy atom. The van der Waals surface area contributed by atoms with Gasteiger partial charge < -0.3 is 10.2 Å². The fourth-order valence-electron chi connectivity index (χ4n) is 4.04. The van der Waals surface area contributed by atoms with Crippen LogP contribution in [0, 0.1) is 0 Å². The van der Waals surface area contributed by atoms with Crippen LogP contribution in [0.4, 0.5) is 0 Å². The highest BCUT2D eigenvalue weighted by molar-refractivity contribution is 5.84. The number of nitrogens with zero attached hydrogens (tertiary/aromatic N) is 1. The Morgan fingerprint density at radius 2 is 2.00 bits per heavy atom. The first-order valence-electron chi connectivity index (χ1n) is 8.90. The maximum Gasteiger partial charge on any atom is 0.230 e. The SMILES string of the molecule is CCCN(C(=O)C1CCCc2ccccc21)C1CCNCC1. The summed E-state index contributed by atoms with van der Waals surface area (Å²) < 4.78 is 0. The molecule has 1 unspecified atom stereocenters. The molecule has 1 amide bonds. The van der Waals surface area contributed by atoms with Gasteiger partial charge in [0, 0.05) is 12.6 Å². The normalized spacial score (nSPS) is 22.1. The number of hydrogen-bond donors (Lipinski definition) is 1. The van der Waals surface area contributed by atoms with E-state index in [2.05, 4.69) is 41.4 Å². The largest absolute Gasteiger partial charge is 0.339 e. The molecule has 1 aromatic rings. The maximum atomic E-state index is 13.3. The molecule has 1 aromatic carbocycles. The van der Waals surface area contributed by atoms with E-state index in [0.29, 0.717) is 11.9 Å². The van der Waals surface area contributed by atoms with Crippen LogP contribution in [-0.4, -0.2) is 36.5 Å². The summed E-state index contributed by atoms with van der Waals surface area (Å²) >= 11 is 0. The molecule has 0 spiro atoms. The predicted molar refractivity (Wildman–Crippen MR) is 90.0 cm³/mol. The number of amides is 1. The van der Waals surface area contributed by atoms with Gasteiger partial charge >= 0.3 is 0 Å². The second kappa shape index (κ2) is 7.28. The summed E-state index contributed by atoms with van der Waals surface area (Å²) in [5.74, 6) is 0.465. The molecule has 0 bridgehead atoms. The van der Waals surface area contributed by atoms with Gasteiger partial charge in [0.15, 0.2) is 0 Å². The average molecular weight is 300 g/mol. The number of carbonyl (C=O) groups is 1. The molecule has 2 aliphatic rings. The van der Waals surface area contributed by atoms with Gasteiger partial charge in [-0.25, -0.2) is 0 Å². The number of benzene rings is 1. The summed E-state index contributed by atoms with van der Waals surface area (Å²) in [5.41, 5.74) is 2.67. The van der Waals surface area contributed by atoms with Crippen molar-refractivity contribution in [1.82, 2.24) is 10.2 Å². The van der Waals surface area contributed by atoms with Crippen molar-refractivity contribution >= 4 is 5.91 Å². The molecule has 1 saturated heterocycles. The third-order valence-corrected chi connectivity index (χ3v) is 5.16. The van der Waals surface area contributed by atoms with Gasteiger partial charge in [-0.15, -0.1) is 0 Å². The van der Waals surface area contributed by atoms with Crippen LogP contribution in [-0.2, 0) is 11.2 Å². The summed E-state index contributed by atoms with van der Waals surface area (Å²) in [6.07, 6.45) is 6.52. The number of fused-ring (bicyclic) bond motifs is 1. The van der Waals surface area contributed by atoms with Crippen LogP contribution in [0.5, 0.6) is 0 Å². The molecule has 3 nitrogen and oxygen atoms in total. The monoisotopic (exact) mass is 300 g/mol. The third kappa shape index (κ3) is 3.19. The second-order valence-electron chi connectivity index (χ2n) is 6.66. The lowest BCUT2D eigenvalue weighted by Crippen LogP contribution is -2.48. The van der Waals surface area contributed by atoms with E-state index >= 15 is 0 Å². The first-order valence-corrected chi connectivity index (χ1v) is 8.90. The topological polar surface area (TPSA) is 32.3 Å². The number of nitrogens with one attached hydrogen (secondary N) is 1. The Balaban J connectivity index is 1.81. The maximum absolute atomic E-state index is 13.3. The molecule has 3 rings (SSSR count). The zero-order chi connectivity index (χ0) is 15.4. The van der Waals surface area contributed by atoms with E-state index < -0.39 is 0 Å². The standard InChI is InChI=1S/C19H28N2O/c1-2-14-21(16-10-12-20-13-11-16)19(22)18-9-5-7-15-6-3-4-8-17(15)18/h3-4,6,8,16,18,20H,2,5,7,9-14H2,1H3. The van der Waals surface area contributed by atoms with Crippen LogP contribution in [0.15, 0.2) is 24.3 Å². The minimum Gasteiger partial charge on any atom is -0.339 e. The van der Waals surface area contributed by atoms with Gasteiger partial charge in [-0.1, -0.05) is 31.2 Å². The zero-order valence-electron chi connectivity index (χ0n) is 13.7. The van der Waals surface area contributed by atoms with E-state index in [4.69, 9.17) is 0 Å². The van der Waals surface area contributed by atoms with Crippen LogP contribution in [0.2, 0.25) is 0 Å². The molecular weight excluding hydrogens is 272 g/mol.